The number of carbonyl (C=O) groups excluding carboxylic acids is 2. The molecule has 1 fully saturated rings. The van der Waals surface area contributed by atoms with Gasteiger partial charge in [0, 0.05) is 0 Å². The number of hydrogen-bond donors (Lipinski definition) is 3. The van der Waals surface area contributed by atoms with Gasteiger partial charge in [0.05, 0.1) is 11.6 Å². The zero-order valence-corrected chi connectivity index (χ0v) is 14.2. The Kier molecular flexibility index (Phi) is 4.88. The second-order valence-corrected chi connectivity index (χ2v) is 6.46. The summed E-state index contributed by atoms with van der Waals surface area (Å²) in [5, 5.41) is 11.5. The number of carboxylic acids is 1. The summed E-state index contributed by atoms with van der Waals surface area (Å²) in [4.78, 5) is 36.4. The Bertz CT molecular complexity index is 883. The molecule has 2 aliphatic rings. The van der Waals surface area contributed by atoms with Crippen molar-refractivity contribution >= 4 is 17.8 Å². The minimum absolute atomic E-state index is 0.148. The summed E-state index contributed by atoms with van der Waals surface area (Å²) in [6.45, 7) is 0. The number of benzene rings is 1. The molecular weight excluding hydrogens is 386 g/mol. The molecule has 28 heavy (non-hydrogen) atoms. The molecule has 3 rings (SSSR count). The maximum absolute atomic E-state index is 13.3. The number of allylic oxidation sites excluding steroid dienone is 1. The number of fused-ring (bicyclic) bond motifs is 1. The van der Waals surface area contributed by atoms with Crippen molar-refractivity contribution in [3.63, 3.8) is 0 Å². The lowest BCUT2D eigenvalue weighted by Crippen LogP contribution is -2.72. The first-order chi connectivity index (χ1) is 13.0. The van der Waals surface area contributed by atoms with E-state index in [0.29, 0.717) is 4.90 Å². The van der Waals surface area contributed by atoms with Gasteiger partial charge in [-0.25, -0.2) is 9.18 Å². The molecule has 3 atom stereocenters. The molecule has 2 amide bonds. The van der Waals surface area contributed by atoms with Crippen LogP contribution in [-0.4, -0.2) is 46.1 Å². The molecule has 0 spiro atoms. The van der Waals surface area contributed by atoms with Crippen molar-refractivity contribution in [1.82, 2.24) is 10.2 Å². The van der Waals surface area contributed by atoms with Gasteiger partial charge in [-0.2, -0.15) is 13.2 Å². The topological polar surface area (TPSA) is 113 Å². The number of hydrogen-bond acceptors (Lipinski definition) is 4. The third-order valence-corrected chi connectivity index (χ3v) is 4.77. The molecule has 0 unspecified atom stereocenters. The Morgan fingerprint density at radius 1 is 1.32 bits per heavy atom. The van der Waals surface area contributed by atoms with Crippen LogP contribution in [0.3, 0.4) is 0 Å². The first-order valence-electron chi connectivity index (χ1n) is 8.20. The summed E-state index contributed by atoms with van der Waals surface area (Å²) in [7, 11) is 0. The summed E-state index contributed by atoms with van der Waals surface area (Å²) in [6, 6.07) is 1.52. The molecule has 7 nitrogen and oxygen atoms in total. The Morgan fingerprint density at radius 3 is 2.57 bits per heavy atom. The van der Waals surface area contributed by atoms with Gasteiger partial charge < -0.3 is 16.2 Å². The predicted molar refractivity (Wildman–Crippen MR) is 85.8 cm³/mol. The van der Waals surface area contributed by atoms with Crippen LogP contribution in [0, 0.1) is 5.82 Å². The summed E-state index contributed by atoms with van der Waals surface area (Å²) < 4.78 is 52.4. The largest absolute Gasteiger partial charge is 0.477 e. The van der Waals surface area contributed by atoms with Crippen molar-refractivity contribution in [3.05, 3.63) is 46.9 Å². The Morgan fingerprint density at radius 2 is 2.00 bits per heavy atom. The lowest BCUT2D eigenvalue weighted by molar-refractivity contribution is -0.159. The van der Waals surface area contributed by atoms with Crippen LogP contribution in [0.15, 0.2) is 35.5 Å². The number of carbonyl (C=O) groups is 3. The van der Waals surface area contributed by atoms with Gasteiger partial charge in [0.2, 0.25) is 5.91 Å². The Balaban J connectivity index is 1.78. The molecule has 1 aromatic carbocycles. The van der Waals surface area contributed by atoms with Gasteiger partial charge in [0.1, 0.15) is 23.6 Å². The van der Waals surface area contributed by atoms with E-state index in [1.165, 1.54) is 12.1 Å². The summed E-state index contributed by atoms with van der Waals surface area (Å²) >= 11 is 0. The zero-order valence-electron chi connectivity index (χ0n) is 14.2. The second kappa shape index (κ2) is 6.89. The van der Waals surface area contributed by atoms with Crippen LogP contribution in [-0.2, 0) is 14.4 Å². The lowest BCUT2D eigenvalue weighted by atomic mass is 9.83. The van der Waals surface area contributed by atoms with Crippen LogP contribution in [0.25, 0.3) is 0 Å². The van der Waals surface area contributed by atoms with Crippen LogP contribution >= 0.6 is 0 Å². The third-order valence-electron chi connectivity index (χ3n) is 4.77. The SMILES string of the molecule is N[C@@H](C(=O)N[C@@H]1C(=O)N2C(C(=O)O)=C(C(F)(F)F)CC[C@H]12)c1cccc(F)c1. The summed E-state index contributed by atoms with van der Waals surface area (Å²) in [6.07, 6.45) is -5.65. The Hall–Kier alpha value is -2.95. The van der Waals surface area contributed by atoms with E-state index in [0.717, 1.165) is 12.1 Å². The van der Waals surface area contributed by atoms with E-state index >= 15 is 0 Å². The molecular formula is C17H15F4N3O4. The monoisotopic (exact) mass is 401 g/mol. The second-order valence-electron chi connectivity index (χ2n) is 6.46. The number of carboxylic acid groups (broad SMARTS) is 1. The number of nitrogens with two attached hydrogens (primary N) is 1. The van der Waals surface area contributed by atoms with E-state index in [-0.39, 0.29) is 12.0 Å². The molecule has 1 aromatic rings. The highest BCUT2D eigenvalue weighted by molar-refractivity contribution is 6.02. The van der Waals surface area contributed by atoms with E-state index in [1.807, 2.05) is 0 Å². The van der Waals surface area contributed by atoms with Gasteiger partial charge in [-0.15, -0.1) is 0 Å². The fraction of sp³-hybridized carbons (Fsp3) is 0.353. The average Bonchev–Trinajstić information content (AvgIpc) is 2.62. The molecule has 0 radical (unpaired) electrons. The standard InChI is InChI=1S/C17H15F4N3O4/c18-8-3-1-2-7(6-8)11(22)14(25)23-12-10-5-4-9(17(19,20)21)13(16(27)28)24(10)15(12)26/h1-3,6,10-12H,4-5,22H2,(H,23,25)(H,27,28)/t10-,11-,12+/m1/s1. The molecule has 11 heteroatoms. The fourth-order valence-electron chi connectivity index (χ4n) is 3.43. The van der Waals surface area contributed by atoms with Gasteiger partial charge in [0.25, 0.3) is 5.91 Å². The van der Waals surface area contributed by atoms with Gasteiger partial charge in [0.15, 0.2) is 0 Å². The molecule has 2 heterocycles. The maximum Gasteiger partial charge on any atom is 0.414 e. The summed E-state index contributed by atoms with van der Waals surface area (Å²) in [5.74, 6) is -4.28. The third kappa shape index (κ3) is 3.33. The van der Waals surface area contributed by atoms with Crippen LogP contribution in [0.2, 0.25) is 0 Å². The van der Waals surface area contributed by atoms with Crippen LogP contribution < -0.4 is 11.1 Å². The molecule has 1 saturated heterocycles. The molecule has 0 aliphatic carbocycles. The smallest absolute Gasteiger partial charge is 0.414 e. The highest BCUT2D eigenvalue weighted by Crippen LogP contribution is 2.42. The normalized spacial score (nSPS) is 23.0. The highest BCUT2D eigenvalue weighted by Gasteiger charge is 2.56. The average molecular weight is 401 g/mol. The van der Waals surface area contributed by atoms with Crippen LogP contribution in [0.1, 0.15) is 24.4 Å². The number of halogens is 4. The van der Waals surface area contributed by atoms with Crippen molar-refractivity contribution in [3.8, 4) is 0 Å². The Labute approximate surface area is 155 Å². The number of alkyl halides is 3. The number of rotatable bonds is 4. The van der Waals surface area contributed by atoms with E-state index in [1.54, 1.807) is 0 Å². The molecule has 2 aliphatic heterocycles. The quantitative estimate of drug-likeness (QED) is 0.519. The van der Waals surface area contributed by atoms with Crippen molar-refractivity contribution in [2.24, 2.45) is 5.73 Å². The molecule has 0 saturated carbocycles. The van der Waals surface area contributed by atoms with Crippen LogP contribution in [0.4, 0.5) is 17.6 Å². The van der Waals surface area contributed by atoms with Crippen molar-refractivity contribution in [2.75, 3.05) is 0 Å². The minimum Gasteiger partial charge on any atom is -0.477 e. The van der Waals surface area contributed by atoms with Gasteiger partial charge in [-0.3, -0.25) is 14.5 Å². The molecule has 150 valence electrons. The van der Waals surface area contributed by atoms with E-state index in [4.69, 9.17) is 10.8 Å². The zero-order chi connectivity index (χ0) is 20.8. The van der Waals surface area contributed by atoms with Crippen LogP contribution in [0.5, 0.6) is 0 Å². The number of nitrogens with zero attached hydrogens (tertiary/aromatic N) is 1. The van der Waals surface area contributed by atoms with Crippen molar-refractivity contribution < 1.29 is 37.1 Å². The number of β-lactam (4-membered cyclic amide) rings is 1. The van der Waals surface area contributed by atoms with Crippen molar-refractivity contribution in [1.29, 1.82) is 0 Å². The fourth-order valence-corrected chi connectivity index (χ4v) is 3.43. The van der Waals surface area contributed by atoms with E-state index in [2.05, 4.69) is 5.32 Å². The predicted octanol–water partition coefficient (Wildman–Crippen LogP) is 1.22. The molecule has 4 N–H and O–H groups in total. The maximum atomic E-state index is 13.3. The van der Waals surface area contributed by atoms with E-state index < -0.39 is 65.6 Å². The number of aliphatic carboxylic acids is 1. The molecule has 0 bridgehead atoms. The number of amides is 2. The lowest BCUT2D eigenvalue weighted by Gasteiger charge is -2.50. The van der Waals surface area contributed by atoms with Gasteiger partial charge in [-0.05, 0) is 30.5 Å². The highest BCUT2D eigenvalue weighted by atomic mass is 19.4. The first kappa shape index (κ1) is 19.8. The summed E-state index contributed by atoms with van der Waals surface area (Å²) in [5.41, 5.74) is 3.49. The van der Waals surface area contributed by atoms with Crippen molar-refractivity contribution in [2.45, 2.75) is 37.1 Å². The first-order valence-corrected chi connectivity index (χ1v) is 8.20. The molecule has 0 aromatic heterocycles. The minimum atomic E-state index is -4.88. The van der Waals surface area contributed by atoms with E-state index in [9.17, 15) is 31.9 Å². The van der Waals surface area contributed by atoms with Gasteiger partial charge >= 0.3 is 12.1 Å². The number of nitrogens with one attached hydrogen (secondary N) is 1. The van der Waals surface area contributed by atoms with Gasteiger partial charge in [-0.1, -0.05) is 12.1 Å².